The zero-order valence-electron chi connectivity index (χ0n) is 11.0. The Morgan fingerprint density at radius 2 is 1.95 bits per heavy atom. The Hall–Kier alpha value is -1.47. The maximum absolute atomic E-state index is 12.8. The average Bonchev–Trinajstić information content (AvgIpc) is 2.39. The summed E-state index contributed by atoms with van der Waals surface area (Å²) in [4.78, 5) is 13.2. The Labute approximate surface area is 117 Å². The maximum atomic E-state index is 12.8. The highest BCUT2D eigenvalue weighted by Gasteiger charge is 2.18. The largest absolute Gasteiger partial charge is 0.354 e. The molecule has 0 aromatic heterocycles. The number of benzene rings is 1. The first-order valence-electron chi connectivity index (χ1n) is 6.45. The SMILES string of the molecule is O=C1CN(CCCS(=O)(=O)c2ccc(F)cc2)CCN1. The molecule has 0 radical (unpaired) electrons. The van der Waals surface area contributed by atoms with E-state index in [1.807, 2.05) is 4.90 Å². The summed E-state index contributed by atoms with van der Waals surface area (Å²) < 4.78 is 36.8. The molecule has 7 heteroatoms. The molecule has 5 nitrogen and oxygen atoms in total. The van der Waals surface area contributed by atoms with Crippen molar-refractivity contribution in [2.24, 2.45) is 0 Å². The van der Waals surface area contributed by atoms with E-state index in [-0.39, 0.29) is 16.6 Å². The predicted molar refractivity (Wildman–Crippen MR) is 72.5 cm³/mol. The van der Waals surface area contributed by atoms with Crippen molar-refractivity contribution in [3.8, 4) is 0 Å². The number of hydrogen-bond donors (Lipinski definition) is 1. The molecular weight excluding hydrogens is 283 g/mol. The van der Waals surface area contributed by atoms with E-state index in [0.717, 1.165) is 18.7 Å². The van der Waals surface area contributed by atoms with Gasteiger partial charge in [-0.15, -0.1) is 0 Å². The van der Waals surface area contributed by atoms with E-state index in [4.69, 9.17) is 0 Å². The van der Waals surface area contributed by atoms with Crippen molar-refractivity contribution in [3.05, 3.63) is 30.1 Å². The van der Waals surface area contributed by atoms with Gasteiger partial charge in [-0.25, -0.2) is 12.8 Å². The minimum atomic E-state index is -3.39. The minimum Gasteiger partial charge on any atom is -0.354 e. The predicted octanol–water partition coefficient (Wildman–Crippen LogP) is 0.421. The van der Waals surface area contributed by atoms with Gasteiger partial charge in [-0.1, -0.05) is 0 Å². The number of rotatable bonds is 5. The van der Waals surface area contributed by atoms with Gasteiger partial charge in [-0.05, 0) is 37.2 Å². The lowest BCUT2D eigenvalue weighted by atomic mass is 10.3. The summed E-state index contributed by atoms with van der Waals surface area (Å²) >= 11 is 0. The second-order valence-corrected chi connectivity index (χ2v) is 6.86. The fraction of sp³-hybridized carbons (Fsp3) is 0.462. The summed E-state index contributed by atoms with van der Waals surface area (Å²) in [6.45, 7) is 2.22. The highest BCUT2D eigenvalue weighted by molar-refractivity contribution is 7.91. The van der Waals surface area contributed by atoms with Gasteiger partial charge < -0.3 is 5.32 Å². The summed E-state index contributed by atoms with van der Waals surface area (Å²) in [5, 5.41) is 2.72. The van der Waals surface area contributed by atoms with Crippen LogP contribution in [-0.2, 0) is 14.6 Å². The van der Waals surface area contributed by atoms with Gasteiger partial charge in [0, 0.05) is 13.1 Å². The Balaban J connectivity index is 1.86. The first-order chi connectivity index (χ1) is 9.47. The molecule has 2 rings (SSSR count). The van der Waals surface area contributed by atoms with Crippen LogP contribution in [0, 0.1) is 5.82 Å². The molecule has 1 aliphatic rings. The Kier molecular flexibility index (Phi) is 4.72. The highest BCUT2D eigenvalue weighted by Crippen LogP contribution is 2.13. The molecule has 1 amide bonds. The van der Waals surface area contributed by atoms with Gasteiger partial charge in [0.15, 0.2) is 9.84 Å². The third kappa shape index (κ3) is 4.01. The van der Waals surface area contributed by atoms with E-state index in [2.05, 4.69) is 5.32 Å². The van der Waals surface area contributed by atoms with Crippen LogP contribution in [0.25, 0.3) is 0 Å². The summed E-state index contributed by atoms with van der Waals surface area (Å²) in [7, 11) is -3.39. The van der Waals surface area contributed by atoms with E-state index >= 15 is 0 Å². The molecule has 1 aromatic carbocycles. The molecule has 20 heavy (non-hydrogen) atoms. The van der Waals surface area contributed by atoms with Crippen molar-refractivity contribution in [1.82, 2.24) is 10.2 Å². The number of nitrogens with one attached hydrogen (secondary N) is 1. The van der Waals surface area contributed by atoms with Gasteiger partial charge in [-0.3, -0.25) is 9.69 Å². The summed E-state index contributed by atoms with van der Waals surface area (Å²) in [5.41, 5.74) is 0. The average molecular weight is 300 g/mol. The van der Waals surface area contributed by atoms with Crippen LogP contribution in [0.4, 0.5) is 4.39 Å². The molecule has 1 saturated heterocycles. The number of hydrogen-bond acceptors (Lipinski definition) is 4. The van der Waals surface area contributed by atoms with Crippen LogP contribution >= 0.6 is 0 Å². The molecule has 1 aromatic rings. The number of amides is 1. The van der Waals surface area contributed by atoms with Crippen LogP contribution in [0.2, 0.25) is 0 Å². The zero-order valence-corrected chi connectivity index (χ0v) is 11.8. The highest BCUT2D eigenvalue weighted by atomic mass is 32.2. The topological polar surface area (TPSA) is 66.5 Å². The van der Waals surface area contributed by atoms with Gasteiger partial charge >= 0.3 is 0 Å². The lowest BCUT2D eigenvalue weighted by Crippen LogP contribution is -2.47. The molecule has 1 heterocycles. The number of piperazine rings is 1. The quantitative estimate of drug-likeness (QED) is 0.801. The normalized spacial score (nSPS) is 16.9. The van der Waals surface area contributed by atoms with Gasteiger partial charge in [0.05, 0.1) is 17.2 Å². The smallest absolute Gasteiger partial charge is 0.234 e. The van der Waals surface area contributed by atoms with E-state index < -0.39 is 15.7 Å². The second kappa shape index (κ2) is 6.32. The summed E-state index contributed by atoms with van der Waals surface area (Å²) in [6, 6.07) is 4.84. The number of halogens is 1. The Bertz CT molecular complexity index is 572. The standard InChI is InChI=1S/C13H17FN2O3S/c14-11-2-4-12(5-3-11)20(18,19)9-1-7-16-8-6-15-13(17)10-16/h2-5H,1,6-10H2,(H,15,17). The number of carbonyl (C=O) groups is 1. The molecular formula is C13H17FN2O3S. The molecule has 0 atom stereocenters. The maximum Gasteiger partial charge on any atom is 0.234 e. The van der Waals surface area contributed by atoms with Crippen molar-refractivity contribution in [1.29, 1.82) is 0 Å². The second-order valence-electron chi connectivity index (χ2n) is 4.75. The molecule has 0 saturated carbocycles. The van der Waals surface area contributed by atoms with E-state index in [0.29, 0.717) is 26.1 Å². The molecule has 1 fully saturated rings. The van der Waals surface area contributed by atoms with Crippen molar-refractivity contribution in [3.63, 3.8) is 0 Å². The molecule has 1 N–H and O–H groups in total. The summed E-state index contributed by atoms with van der Waals surface area (Å²) in [5.74, 6) is -0.488. The Morgan fingerprint density at radius 3 is 2.60 bits per heavy atom. The van der Waals surface area contributed by atoms with Gasteiger partial charge in [0.1, 0.15) is 5.82 Å². The minimum absolute atomic E-state index is 0.00322. The third-order valence-corrected chi connectivity index (χ3v) is 4.99. The number of sulfone groups is 1. The van der Waals surface area contributed by atoms with Crippen LogP contribution in [-0.4, -0.2) is 51.2 Å². The molecule has 0 bridgehead atoms. The molecule has 1 aliphatic heterocycles. The van der Waals surface area contributed by atoms with Crippen molar-refractivity contribution >= 4 is 15.7 Å². The monoisotopic (exact) mass is 300 g/mol. The lowest BCUT2D eigenvalue weighted by Gasteiger charge is -2.26. The van der Waals surface area contributed by atoms with Gasteiger partial charge in [0.2, 0.25) is 5.91 Å². The van der Waals surface area contributed by atoms with Crippen molar-refractivity contribution < 1.29 is 17.6 Å². The molecule has 110 valence electrons. The fourth-order valence-corrected chi connectivity index (χ4v) is 3.42. The van der Waals surface area contributed by atoms with Crippen LogP contribution in [0.5, 0.6) is 0 Å². The van der Waals surface area contributed by atoms with Crippen LogP contribution in [0.15, 0.2) is 29.2 Å². The van der Waals surface area contributed by atoms with Crippen molar-refractivity contribution in [2.45, 2.75) is 11.3 Å². The van der Waals surface area contributed by atoms with Gasteiger partial charge in [0.25, 0.3) is 0 Å². The molecule has 0 spiro atoms. The first kappa shape index (κ1) is 14.9. The van der Waals surface area contributed by atoms with E-state index in [1.54, 1.807) is 0 Å². The van der Waals surface area contributed by atoms with Crippen LogP contribution in [0.1, 0.15) is 6.42 Å². The third-order valence-electron chi connectivity index (χ3n) is 3.18. The van der Waals surface area contributed by atoms with Crippen LogP contribution in [0.3, 0.4) is 0 Å². The summed E-state index contributed by atoms with van der Waals surface area (Å²) in [6.07, 6.45) is 0.451. The van der Waals surface area contributed by atoms with Crippen molar-refractivity contribution in [2.75, 3.05) is 31.9 Å². The van der Waals surface area contributed by atoms with E-state index in [9.17, 15) is 17.6 Å². The first-order valence-corrected chi connectivity index (χ1v) is 8.10. The van der Waals surface area contributed by atoms with Gasteiger partial charge in [-0.2, -0.15) is 0 Å². The number of nitrogens with zero attached hydrogens (tertiary/aromatic N) is 1. The molecule has 0 aliphatic carbocycles. The molecule has 0 unspecified atom stereocenters. The Morgan fingerprint density at radius 1 is 1.25 bits per heavy atom. The zero-order chi connectivity index (χ0) is 14.6. The van der Waals surface area contributed by atoms with Crippen LogP contribution < -0.4 is 5.32 Å². The lowest BCUT2D eigenvalue weighted by molar-refractivity contribution is -0.124. The van der Waals surface area contributed by atoms with E-state index in [1.165, 1.54) is 12.1 Å². The number of carbonyl (C=O) groups excluding carboxylic acids is 1. The fourth-order valence-electron chi connectivity index (χ4n) is 2.12.